The molecule has 2 N–H and O–H groups in total. The Bertz CT molecular complexity index is 1600. The van der Waals surface area contributed by atoms with Gasteiger partial charge in [-0.1, -0.05) is 112 Å². The summed E-state index contributed by atoms with van der Waals surface area (Å²) in [5, 5.41) is 14.5. The van der Waals surface area contributed by atoms with Crippen molar-refractivity contribution in [1.82, 2.24) is 10.2 Å². The number of carbonyl (C=O) groups excluding carboxylic acids is 2. The van der Waals surface area contributed by atoms with Gasteiger partial charge in [0.15, 0.2) is 0 Å². The lowest BCUT2D eigenvalue weighted by atomic mass is 9.77. The van der Waals surface area contributed by atoms with Crippen LogP contribution in [0.25, 0.3) is 0 Å². The van der Waals surface area contributed by atoms with Gasteiger partial charge >= 0.3 is 0 Å². The predicted octanol–water partition coefficient (Wildman–Crippen LogP) is 9.08. The summed E-state index contributed by atoms with van der Waals surface area (Å²) in [6.45, 7) is 9.85. The van der Waals surface area contributed by atoms with Crippen LogP contribution in [0.15, 0.2) is 121 Å². The Kier molecular flexibility index (Phi) is 11.6. The molecule has 0 radical (unpaired) electrons. The SMILES string of the molecule is C=CCC.CC/C=C1\CN(C(C)=O)C(c2ccccc2)N1c1ccc(C[C@H](NC(=O)C2(c3ccccc3)CCCC2)C(O)=C2CC2)cc1. The molecule has 6 heteroatoms. The quantitative estimate of drug-likeness (QED) is 0.170. The molecule has 1 saturated heterocycles. The van der Waals surface area contributed by atoms with Gasteiger partial charge in [-0.2, -0.15) is 0 Å². The number of aliphatic hydroxyl groups is 1. The van der Waals surface area contributed by atoms with Gasteiger partial charge < -0.3 is 20.2 Å². The molecule has 1 unspecified atom stereocenters. The van der Waals surface area contributed by atoms with Gasteiger partial charge in [0.25, 0.3) is 0 Å². The zero-order valence-corrected chi connectivity index (χ0v) is 28.8. The van der Waals surface area contributed by atoms with Crippen molar-refractivity contribution in [2.24, 2.45) is 0 Å². The maximum Gasteiger partial charge on any atom is 0.231 e. The molecule has 3 aromatic carbocycles. The topological polar surface area (TPSA) is 72.9 Å². The van der Waals surface area contributed by atoms with Crippen molar-refractivity contribution in [3.63, 3.8) is 0 Å². The first-order valence-electron chi connectivity index (χ1n) is 17.6. The van der Waals surface area contributed by atoms with Crippen molar-refractivity contribution in [2.75, 3.05) is 11.4 Å². The van der Waals surface area contributed by atoms with E-state index in [9.17, 15) is 14.7 Å². The highest BCUT2D eigenvalue weighted by Gasteiger charge is 2.44. The third kappa shape index (κ3) is 7.75. The van der Waals surface area contributed by atoms with E-state index < -0.39 is 11.5 Å². The lowest BCUT2D eigenvalue weighted by Crippen LogP contribution is -2.48. The third-order valence-electron chi connectivity index (χ3n) is 9.78. The maximum atomic E-state index is 14.0. The number of hydrogen-bond acceptors (Lipinski definition) is 4. The van der Waals surface area contributed by atoms with Crippen molar-refractivity contribution >= 4 is 17.5 Å². The summed E-state index contributed by atoms with van der Waals surface area (Å²) in [7, 11) is 0. The van der Waals surface area contributed by atoms with Crippen LogP contribution in [0.3, 0.4) is 0 Å². The molecule has 6 nitrogen and oxygen atoms in total. The number of rotatable bonds is 10. The van der Waals surface area contributed by atoms with Gasteiger partial charge in [-0.05, 0) is 79.3 Å². The fourth-order valence-electron chi connectivity index (χ4n) is 7.07. The standard InChI is InChI=1S/C38H43N3O3.C4H8/c1-3-12-33-26-40(27(2)42)36(30-13-6-4-7-14-30)41(33)32-21-17-28(18-22-32)25-34(35(43)29-19-20-29)39-37(44)38(23-10-11-24-38)31-15-8-5-9-16-31;1-3-4-2/h4-9,12-18,21-22,34,36,43H,3,10-11,19-20,23-26H2,1-2H3,(H,39,44);3H,1,4H2,2H3/b33-12+;/t34-,36?;/m0./s1. The molecule has 3 aliphatic rings. The summed E-state index contributed by atoms with van der Waals surface area (Å²) < 4.78 is 0. The number of anilines is 1. The highest BCUT2D eigenvalue weighted by atomic mass is 16.3. The van der Waals surface area contributed by atoms with Crippen molar-refractivity contribution in [1.29, 1.82) is 0 Å². The number of allylic oxidation sites excluding steroid dienone is 3. The van der Waals surface area contributed by atoms with Crippen molar-refractivity contribution in [3.8, 4) is 0 Å². The van der Waals surface area contributed by atoms with E-state index >= 15 is 0 Å². The summed E-state index contributed by atoms with van der Waals surface area (Å²) in [5.74, 6) is 0.368. The Morgan fingerprint density at radius 1 is 0.938 bits per heavy atom. The molecule has 2 atom stereocenters. The zero-order valence-electron chi connectivity index (χ0n) is 28.8. The molecule has 48 heavy (non-hydrogen) atoms. The van der Waals surface area contributed by atoms with E-state index in [0.29, 0.717) is 18.7 Å². The Hall–Kier alpha value is -4.58. The van der Waals surface area contributed by atoms with E-state index in [1.165, 1.54) is 0 Å². The fourth-order valence-corrected chi connectivity index (χ4v) is 7.07. The van der Waals surface area contributed by atoms with Crippen LogP contribution < -0.4 is 10.2 Å². The summed E-state index contributed by atoms with van der Waals surface area (Å²) in [4.78, 5) is 30.9. The minimum atomic E-state index is -0.551. The highest BCUT2D eigenvalue weighted by Crippen LogP contribution is 2.43. The van der Waals surface area contributed by atoms with Crippen molar-refractivity contribution in [3.05, 3.63) is 137 Å². The molecular weight excluding hydrogens is 594 g/mol. The lowest BCUT2D eigenvalue weighted by molar-refractivity contribution is -0.129. The molecule has 6 rings (SSSR count). The summed E-state index contributed by atoms with van der Waals surface area (Å²) >= 11 is 0. The van der Waals surface area contributed by atoms with Crippen LogP contribution in [0.1, 0.15) is 95.0 Å². The smallest absolute Gasteiger partial charge is 0.231 e. The second-order valence-electron chi connectivity index (χ2n) is 13.1. The summed E-state index contributed by atoms with van der Waals surface area (Å²) in [6.07, 6.45) is 11.8. The van der Waals surface area contributed by atoms with Crippen LogP contribution in [-0.2, 0) is 21.4 Å². The van der Waals surface area contributed by atoms with Crippen LogP contribution in [0.2, 0.25) is 0 Å². The number of hydrogen-bond donors (Lipinski definition) is 2. The average Bonchev–Trinajstić information content (AvgIpc) is 3.71. The summed E-state index contributed by atoms with van der Waals surface area (Å²) in [5.41, 5.74) is 5.75. The largest absolute Gasteiger partial charge is 0.510 e. The van der Waals surface area contributed by atoms with Gasteiger partial charge in [-0.3, -0.25) is 9.59 Å². The van der Waals surface area contributed by atoms with Gasteiger partial charge in [0.05, 0.1) is 18.0 Å². The fraction of sp³-hybridized carbons (Fsp3) is 0.381. The Morgan fingerprint density at radius 2 is 1.54 bits per heavy atom. The second kappa shape index (κ2) is 16.0. The van der Waals surface area contributed by atoms with E-state index in [-0.39, 0.29) is 18.0 Å². The summed E-state index contributed by atoms with van der Waals surface area (Å²) in [6, 6.07) is 28.2. The number of amides is 2. The Morgan fingerprint density at radius 3 is 2.08 bits per heavy atom. The first-order chi connectivity index (χ1) is 23.3. The second-order valence-corrected chi connectivity index (χ2v) is 13.1. The van der Waals surface area contributed by atoms with Crippen LogP contribution in [-0.4, -0.2) is 34.4 Å². The molecule has 0 spiro atoms. The lowest BCUT2D eigenvalue weighted by Gasteiger charge is -2.32. The normalized spacial score (nSPS) is 19.4. The van der Waals surface area contributed by atoms with Gasteiger partial charge in [-0.15, -0.1) is 6.58 Å². The van der Waals surface area contributed by atoms with Crippen molar-refractivity contribution < 1.29 is 14.7 Å². The minimum absolute atomic E-state index is 0.0112. The zero-order chi connectivity index (χ0) is 34.1. The first kappa shape index (κ1) is 34.7. The van der Waals surface area contributed by atoms with Crippen molar-refractivity contribution in [2.45, 2.75) is 96.2 Å². The molecule has 2 saturated carbocycles. The van der Waals surface area contributed by atoms with Gasteiger partial charge in [-0.25, -0.2) is 0 Å². The number of nitrogens with zero attached hydrogens (tertiary/aromatic N) is 2. The van der Waals surface area contributed by atoms with Crippen LogP contribution in [0, 0.1) is 0 Å². The Labute approximate surface area is 286 Å². The monoisotopic (exact) mass is 645 g/mol. The third-order valence-corrected chi connectivity index (χ3v) is 9.78. The maximum absolute atomic E-state index is 14.0. The predicted molar refractivity (Wildman–Crippen MR) is 195 cm³/mol. The number of nitrogens with one attached hydrogen (secondary N) is 1. The molecule has 1 aliphatic heterocycles. The van der Waals surface area contributed by atoms with E-state index in [0.717, 1.165) is 85.0 Å². The molecule has 0 aromatic heterocycles. The van der Waals surface area contributed by atoms with Crippen LogP contribution in [0.4, 0.5) is 5.69 Å². The number of aliphatic hydroxyl groups excluding tert-OH is 1. The van der Waals surface area contributed by atoms with Crippen LogP contribution in [0.5, 0.6) is 0 Å². The van der Waals surface area contributed by atoms with Gasteiger partial charge in [0, 0.05) is 18.3 Å². The molecule has 3 fully saturated rings. The van der Waals surface area contributed by atoms with Gasteiger partial charge in [0.1, 0.15) is 11.9 Å². The van der Waals surface area contributed by atoms with E-state index in [4.69, 9.17) is 0 Å². The number of benzene rings is 3. The van der Waals surface area contributed by atoms with E-state index in [2.05, 4.69) is 85.3 Å². The molecule has 2 aliphatic carbocycles. The highest BCUT2D eigenvalue weighted by molar-refractivity contribution is 5.89. The Balaban J connectivity index is 0.00000107. The first-order valence-corrected chi connectivity index (χ1v) is 17.6. The molecule has 1 heterocycles. The number of carbonyl (C=O) groups is 2. The van der Waals surface area contributed by atoms with E-state index in [1.807, 2.05) is 47.4 Å². The molecule has 3 aromatic rings. The van der Waals surface area contributed by atoms with Gasteiger partial charge in [0.2, 0.25) is 11.8 Å². The molecule has 2 amide bonds. The molecular formula is C42H51N3O3. The van der Waals surface area contributed by atoms with E-state index in [1.54, 1.807) is 6.92 Å². The molecule has 0 bridgehead atoms. The molecule has 252 valence electrons. The minimum Gasteiger partial charge on any atom is -0.510 e. The average molecular weight is 646 g/mol. The van der Waals surface area contributed by atoms with Crippen LogP contribution >= 0.6 is 0 Å².